The van der Waals surface area contributed by atoms with Crippen molar-refractivity contribution in [1.82, 2.24) is 0 Å². The number of carbonyl (C=O) groups excluding carboxylic acids is 4. The Morgan fingerprint density at radius 1 is 0.860 bits per heavy atom. The van der Waals surface area contributed by atoms with Gasteiger partial charge >= 0.3 is 23.9 Å². The van der Waals surface area contributed by atoms with Crippen molar-refractivity contribution in [2.75, 3.05) is 13.2 Å². The van der Waals surface area contributed by atoms with E-state index in [0.717, 1.165) is 23.1 Å². The second-order valence-electron chi connectivity index (χ2n) is 10.7. The second-order valence-corrected chi connectivity index (χ2v) is 11.0. The normalized spacial score (nSPS) is 22.9. The van der Waals surface area contributed by atoms with Crippen LogP contribution in [0.25, 0.3) is 0 Å². The monoisotopic (exact) mass is 616 g/mol. The van der Waals surface area contributed by atoms with Crippen LogP contribution >= 0.6 is 11.6 Å². The Hall–Kier alpha value is -3.63. The van der Waals surface area contributed by atoms with Gasteiger partial charge in [-0.25, -0.2) is 0 Å². The average molecular weight is 617 g/mol. The third kappa shape index (κ3) is 7.86. The maximum Gasteiger partial charge on any atom is 0.303 e. The molecule has 0 bridgehead atoms. The SMILES string of the molecule is CCc1ccc(Cc2cc(C3OC(COC(C)=O)C(OC(C)=O)C(OC(C)=O)C3OC(C)=O)c3c(c2Cl)OCCC3)cc1. The number of aryl methyl sites for hydroxylation is 1. The lowest BCUT2D eigenvalue weighted by Gasteiger charge is -2.45. The van der Waals surface area contributed by atoms with Crippen molar-refractivity contribution < 1.29 is 47.6 Å². The minimum Gasteiger partial charge on any atom is -0.492 e. The van der Waals surface area contributed by atoms with Gasteiger partial charge in [0, 0.05) is 33.3 Å². The van der Waals surface area contributed by atoms with Crippen molar-refractivity contribution in [2.24, 2.45) is 0 Å². The Morgan fingerprint density at radius 2 is 1.47 bits per heavy atom. The fourth-order valence-corrected chi connectivity index (χ4v) is 5.84. The summed E-state index contributed by atoms with van der Waals surface area (Å²) in [6.07, 6.45) is -3.10. The number of fused-ring (bicyclic) bond motifs is 1. The van der Waals surface area contributed by atoms with Crippen LogP contribution in [0.3, 0.4) is 0 Å². The summed E-state index contributed by atoms with van der Waals surface area (Å²) < 4.78 is 34.7. The Kier molecular flexibility index (Phi) is 10.7. The Bertz CT molecular complexity index is 1350. The smallest absolute Gasteiger partial charge is 0.303 e. The third-order valence-electron chi connectivity index (χ3n) is 7.37. The van der Waals surface area contributed by atoms with E-state index in [4.69, 9.17) is 40.0 Å². The highest BCUT2D eigenvalue weighted by molar-refractivity contribution is 6.33. The van der Waals surface area contributed by atoms with E-state index in [9.17, 15) is 19.2 Å². The molecule has 232 valence electrons. The second kappa shape index (κ2) is 14.2. The fraction of sp³-hybridized carbons (Fsp3) is 0.500. The van der Waals surface area contributed by atoms with Crippen LogP contribution in [0.2, 0.25) is 5.02 Å². The first-order valence-corrected chi connectivity index (χ1v) is 14.7. The molecule has 10 nitrogen and oxygen atoms in total. The molecule has 1 fully saturated rings. The first-order valence-electron chi connectivity index (χ1n) is 14.3. The maximum absolute atomic E-state index is 12.4. The summed E-state index contributed by atoms with van der Waals surface area (Å²) in [6.45, 7) is 7.09. The number of rotatable bonds is 9. The molecule has 2 heterocycles. The lowest BCUT2D eigenvalue weighted by atomic mass is 9.85. The van der Waals surface area contributed by atoms with Gasteiger partial charge in [-0.2, -0.15) is 0 Å². The van der Waals surface area contributed by atoms with Crippen molar-refractivity contribution in [2.45, 2.75) is 90.8 Å². The summed E-state index contributed by atoms with van der Waals surface area (Å²) >= 11 is 6.92. The van der Waals surface area contributed by atoms with Crippen LogP contribution in [0.1, 0.15) is 75.0 Å². The molecule has 5 unspecified atom stereocenters. The molecule has 2 aliphatic rings. The molecule has 0 spiro atoms. The number of benzene rings is 2. The highest BCUT2D eigenvalue weighted by atomic mass is 35.5. The van der Waals surface area contributed by atoms with Crippen LogP contribution < -0.4 is 4.74 Å². The molecule has 0 N–H and O–H groups in total. The Morgan fingerprint density at radius 3 is 2.07 bits per heavy atom. The zero-order chi connectivity index (χ0) is 31.3. The van der Waals surface area contributed by atoms with E-state index in [1.165, 1.54) is 33.3 Å². The number of hydrogen-bond donors (Lipinski definition) is 0. The molecule has 1 saturated heterocycles. The predicted molar refractivity (Wildman–Crippen MR) is 155 cm³/mol. The van der Waals surface area contributed by atoms with Crippen molar-refractivity contribution in [3.63, 3.8) is 0 Å². The van der Waals surface area contributed by atoms with E-state index in [2.05, 4.69) is 19.1 Å². The molecule has 0 saturated carbocycles. The van der Waals surface area contributed by atoms with Crippen molar-refractivity contribution in [3.05, 3.63) is 63.2 Å². The van der Waals surface area contributed by atoms with E-state index >= 15 is 0 Å². The molecule has 0 radical (unpaired) electrons. The topological polar surface area (TPSA) is 124 Å². The quantitative estimate of drug-likeness (QED) is 0.291. The van der Waals surface area contributed by atoms with Crippen molar-refractivity contribution in [1.29, 1.82) is 0 Å². The molecule has 5 atom stereocenters. The zero-order valence-corrected chi connectivity index (χ0v) is 25.7. The van der Waals surface area contributed by atoms with Gasteiger partial charge in [0.1, 0.15) is 24.6 Å². The predicted octanol–water partition coefficient (Wildman–Crippen LogP) is 4.62. The van der Waals surface area contributed by atoms with Crippen LogP contribution in [0, 0.1) is 0 Å². The Balaban J connectivity index is 1.87. The minimum absolute atomic E-state index is 0.308. The van der Waals surface area contributed by atoms with Crippen LogP contribution in [-0.4, -0.2) is 61.5 Å². The zero-order valence-electron chi connectivity index (χ0n) is 25.0. The molecule has 2 aliphatic heterocycles. The van der Waals surface area contributed by atoms with E-state index in [1.54, 1.807) is 0 Å². The lowest BCUT2D eigenvalue weighted by molar-refractivity contribution is -0.254. The molecule has 0 amide bonds. The maximum atomic E-state index is 12.4. The third-order valence-corrected chi connectivity index (χ3v) is 7.79. The molecule has 2 aromatic carbocycles. The van der Waals surface area contributed by atoms with E-state index in [0.29, 0.717) is 42.2 Å². The van der Waals surface area contributed by atoms with Crippen LogP contribution in [-0.2, 0) is 62.1 Å². The summed E-state index contributed by atoms with van der Waals surface area (Å²) in [7, 11) is 0. The lowest BCUT2D eigenvalue weighted by Crippen LogP contribution is -2.59. The van der Waals surface area contributed by atoms with Crippen LogP contribution in [0.4, 0.5) is 0 Å². The molecule has 0 aromatic heterocycles. The molecule has 2 aromatic rings. The molecule has 11 heteroatoms. The molecule has 43 heavy (non-hydrogen) atoms. The molecule has 0 aliphatic carbocycles. The van der Waals surface area contributed by atoms with Gasteiger partial charge in [0.2, 0.25) is 0 Å². The molecule has 4 rings (SSSR count). The summed E-state index contributed by atoms with van der Waals surface area (Å²) in [4.78, 5) is 48.6. The van der Waals surface area contributed by atoms with Crippen molar-refractivity contribution >= 4 is 35.5 Å². The molecular formula is C32H37ClO10. The van der Waals surface area contributed by atoms with E-state index < -0.39 is 54.4 Å². The van der Waals surface area contributed by atoms with Gasteiger partial charge in [-0.3, -0.25) is 19.2 Å². The first-order chi connectivity index (χ1) is 20.5. The van der Waals surface area contributed by atoms with Crippen LogP contribution in [0.15, 0.2) is 30.3 Å². The number of esters is 4. The van der Waals surface area contributed by atoms with Gasteiger partial charge in [0.05, 0.1) is 11.6 Å². The van der Waals surface area contributed by atoms with Gasteiger partial charge in [0.25, 0.3) is 0 Å². The number of carbonyl (C=O) groups is 4. The average Bonchev–Trinajstić information content (AvgIpc) is 2.95. The van der Waals surface area contributed by atoms with Gasteiger partial charge in [0.15, 0.2) is 18.3 Å². The highest BCUT2D eigenvalue weighted by Gasteiger charge is 2.53. The Labute approximate surface area is 255 Å². The highest BCUT2D eigenvalue weighted by Crippen LogP contribution is 2.46. The fourth-order valence-electron chi connectivity index (χ4n) is 5.55. The van der Waals surface area contributed by atoms with E-state index in [1.807, 2.05) is 18.2 Å². The largest absolute Gasteiger partial charge is 0.492 e. The number of ether oxygens (including phenoxy) is 6. The molecular weight excluding hydrogens is 580 g/mol. The summed E-state index contributed by atoms with van der Waals surface area (Å²) in [5.41, 5.74) is 4.39. The van der Waals surface area contributed by atoms with Gasteiger partial charge in [-0.1, -0.05) is 48.9 Å². The summed E-state index contributed by atoms with van der Waals surface area (Å²) in [5, 5.41) is 0.476. The van der Waals surface area contributed by atoms with Gasteiger partial charge in [-0.05, 0) is 47.9 Å². The van der Waals surface area contributed by atoms with Crippen LogP contribution in [0.5, 0.6) is 5.75 Å². The van der Waals surface area contributed by atoms with Gasteiger partial charge < -0.3 is 28.4 Å². The van der Waals surface area contributed by atoms with Crippen molar-refractivity contribution in [3.8, 4) is 5.75 Å². The standard InChI is InChI=1S/C32H37ClO10/c1-6-21-9-11-22(12-10-21)14-23-15-25(24-8-7-13-38-28(24)27(23)33)29-31(41-19(4)36)32(42-20(5)37)30(40-18(3)35)26(43-29)16-39-17(2)34/h9-12,15,26,29-32H,6-8,13-14,16H2,1-5H3. The van der Waals surface area contributed by atoms with Gasteiger partial charge in [-0.15, -0.1) is 0 Å². The first kappa shape index (κ1) is 32.3. The minimum atomic E-state index is -1.27. The summed E-state index contributed by atoms with van der Waals surface area (Å²) in [6, 6.07) is 10.1. The number of halogens is 1. The van der Waals surface area contributed by atoms with E-state index in [-0.39, 0.29) is 6.61 Å². The summed E-state index contributed by atoms with van der Waals surface area (Å²) in [5.74, 6) is -2.11. The number of hydrogen-bond acceptors (Lipinski definition) is 10.